The first-order valence-electron chi connectivity index (χ1n) is 8.76. The van der Waals surface area contributed by atoms with Gasteiger partial charge in [0, 0.05) is 11.1 Å². The van der Waals surface area contributed by atoms with Gasteiger partial charge in [-0.05, 0) is 48.3 Å². The Bertz CT molecular complexity index is 775. The van der Waals surface area contributed by atoms with E-state index >= 15 is 0 Å². The third-order valence-corrected chi connectivity index (χ3v) is 6.14. The van der Waals surface area contributed by atoms with E-state index in [0.717, 1.165) is 35.2 Å². The van der Waals surface area contributed by atoms with Gasteiger partial charge in [0.15, 0.2) is 0 Å². The van der Waals surface area contributed by atoms with Crippen molar-refractivity contribution in [1.82, 2.24) is 10.3 Å². The summed E-state index contributed by atoms with van der Waals surface area (Å²) in [4.78, 5) is 18.5. The molecule has 5 nitrogen and oxygen atoms in total. The molecule has 0 aliphatic heterocycles. The maximum absolute atomic E-state index is 12.3. The number of pyridine rings is 1. The molecule has 1 aliphatic carbocycles. The number of carbonyl (C=O) groups is 1. The molecule has 0 saturated carbocycles. The number of aliphatic hydroxyl groups excluding tert-OH is 2. The highest BCUT2D eigenvalue weighted by atomic mass is 32.1. The van der Waals surface area contributed by atoms with Crippen LogP contribution in [-0.2, 0) is 12.8 Å². The molecule has 25 heavy (non-hydrogen) atoms. The van der Waals surface area contributed by atoms with E-state index in [-0.39, 0.29) is 24.5 Å². The Morgan fingerprint density at radius 2 is 2.08 bits per heavy atom. The van der Waals surface area contributed by atoms with Gasteiger partial charge in [-0.25, -0.2) is 4.98 Å². The summed E-state index contributed by atoms with van der Waals surface area (Å²) in [6.45, 7) is 6.31. The summed E-state index contributed by atoms with van der Waals surface area (Å²) in [6, 6.07) is 3.40. The number of aliphatic hydroxyl groups is 2. The normalized spacial score (nSPS) is 17.8. The van der Waals surface area contributed by atoms with Crippen molar-refractivity contribution in [2.75, 3.05) is 13.2 Å². The van der Waals surface area contributed by atoms with Gasteiger partial charge in [-0.2, -0.15) is 0 Å². The summed E-state index contributed by atoms with van der Waals surface area (Å²) in [5.74, 6) is 0.372. The zero-order chi connectivity index (χ0) is 18.2. The third kappa shape index (κ3) is 3.86. The first-order valence-corrected chi connectivity index (χ1v) is 9.58. The molecule has 3 rings (SSSR count). The van der Waals surface area contributed by atoms with Crippen LogP contribution >= 0.6 is 11.3 Å². The van der Waals surface area contributed by atoms with Crippen molar-refractivity contribution in [3.8, 4) is 0 Å². The second kappa shape index (κ2) is 7.02. The molecular formula is C19H26N2O3S. The van der Waals surface area contributed by atoms with Crippen molar-refractivity contribution in [3.05, 3.63) is 28.3 Å². The van der Waals surface area contributed by atoms with Crippen LogP contribution < -0.4 is 5.32 Å². The fourth-order valence-corrected chi connectivity index (χ4v) is 4.32. The van der Waals surface area contributed by atoms with Gasteiger partial charge in [0.25, 0.3) is 5.91 Å². The molecule has 2 aromatic heterocycles. The number of nitrogens with one attached hydrogen (secondary N) is 1. The number of aromatic nitrogens is 1. The number of nitrogens with zero attached hydrogens (tertiary/aromatic N) is 1. The third-order valence-electron chi connectivity index (χ3n) is 5.10. The summed E-state index contributed by atoms with van der Waals surface area (Å²) in [5.41, 5.74) is 2.74. The van der Waals surface area contributed by atoms with Gasteiger partial charge in [-0.1, -0.05) is 20.8 Å². The molecule has 1 unspecified atom stereocenters. The molecule has 0 spiro atoms. The largest absolute Gasteiger partial charge is 0.394 e. The van der Waals surface area contributed by atoms with Crippen LogP contribution in [0.2, 0.25) is 0 Å². The van der Waals surface area contributed by atoms with Gasteiger partial charge < -0.3 is 15.5 Å². The van der Waals surface area contributed by atoms with Crippen LogP contribution in [0.5, 0.6) is 0 Å². The molecule has 1 amide bonds. The molecule has 0 radical (unpaired) electrons. The summed E-state index contributed by atoms with van der Waals surface area (Å²) in [5, 5.41) is 21.9. The van der Waals surface area contributed by atoms with E-state index < -0.39 is 6.04 Å². The monoisotopic (exact) mass is 362 g/mol. The average Bonchev–Trinajstić information content (AvgIpc) is 2.98. The summed E-state index contributed by atoms with van der Waals surface area (Å²) < 4.78 is 0. The van der Waals surface area contributed by atoms with Crippen LogP contribution in [0.3, 0.4) is 0 Å². The van der Waals surface area contributed by atoms with E-state index in [2.05, 4.69) is 32.2 Å². The van der Waals surface area contributed by atoms with Crippen LogP contribution in [-0.4, -0.2) is 40.4 Å². The molecule has 2 heterocycles. The lowest BCUT2D eigenvalue weighted by Crippen LogP contribution is -2.39. The predicted octanol–water partition coefficient (Wildman–Crippen LogP) is 2.53. The van der Waals surface area contributed by atoms with E-state index in [0.29, 0.717) is 10.8 Å². The van der Waals surface area contributed by atoms with Crippen molar-refractivity contribution in [1.29, 1.82) is 0 Å². The second-order valence-electron chi connectivity index (χ2n) is 7.94. The van der Waals surface area contributed by atoms with Crippen LogP contribution in [0.1, 0.15) is 48.1 Å². The maximum atomic E-state index is 12.3. The van der Waals surface area contributed by atoms with Crippen molar-refractivity contribution >= 4 is 27.5 Å². The first-order chi connectivity index (χ1) is 11.8. The number of thiophene rings is 1. The predicted molar refractivity (Wildman–Crippen MR) is 100 cm³/mol. The van der Waals surface area contributed by atoms with E-state index in [9.17, 15) is 4.79 Å². The Kier molecular flexibility index (Phi) is 5.14. The van der Waals surface area contributed by atoms with Crippen LogP contribution in [0.4, 0.5) is 0 Å². The molecule has 0 fully saturated rings. The number of hydrogen-bond donors (Lipinski definition) is 3. The number of amides is 1. The molecule has 0 aromatic carbocycles. The van der Waals surface area contributed by atoms with Crippen LogP contribution in [0.25, 0.3) is 10.2 Å². The number of fused-ring (bicyclic) bond motifs is 2. The van der Waals surface area contributed by atoms with Crippen molar-refractivity contribution < 1.29 is 15.0 Å². The van der Waals surface area contributed by atoms with Gasteiger partial charge in [-0.15, -0.1) is 11.3 Å². The lowest BCUT2D eigenvalue weighted by Gasteiger charge is -2.34. The quantitative estimate of drug-likeness (QED) is 0.780. The molecule has 0 saturated heterocycles. The molecular weight excluding hydrogens is 336 g/mol. The minimum atomic E-state index is -0.633. The molecule has 1 atom stereocenters. The summed E-state index contributed by atoms with van der Waals surface area (Å²) in [6.07, 6.45) is 3.18. The highest BCUT2D eigenvalue weighted by molar-refractivity contribution is 7.20. The molecule has 3 N–H and O–H groups in total. The summed E-state index contributed by atoms with van der Waals surface area (Å²) in [7, 11) is 0. The Morgan fingerprint density at radius 3 is 2.72 bits per heavy atom. The number of rotatable bonds is 4. The average molecular weight is 362 g/mol. The minimum Gasteiger partial charge on any atom is -0.394 e. The minimum absolute atomic E-state index is 0.276. The zero-order valence-electron chi connectivity index (χ0n) is 15.0. The van der Waals surface area contributed by atoms with Gasteiger partial charge in [0.1, 0.15) is 4.83 Å². The lowest BCUT2D eigenvalue weighted by atomic mass is 9.71. The molecule has 2 aromatic rings. The maximum Gasteiger partial charge on any atom is 0.261 e. The fraction of sp³-hybridized carbons (Fsp3) is 0.579. The van der Waals surface area contributed by atoms with Crippen molar-refractivity contribution in [3.63, 3.8) is 0 Å². The second-order valence-corrected chi connectivity index (χ2v) is 8.97. The van der Waals surface area contributed by atoms with Gasteiger partial charge in [-0.3, -0.25) is 4.79 Å². The zero-order valence-corrected chi connectivity index (χ0v) is 15.8. The molecule has 0 bridgehead atoms. The van der Waals surface area contributed by atoms with E-state index in [1.165, 1.54) is 16.9 Å². The Balaban J connectivity index is 1.86. The van der Waals surface area contributed by atoms with E-state index in [4.69, 9.17) is 15.2 Å². The molecule has 6 heteroatoms. The number of carbonyl (C=O) groups excluding carboxylic acids is 1. The SMILES string of the molecule is CC(C)(C)C1CCc2nc3sc(C(=O)NC(CO)CO)cc3cc2C1. The van der Waals surface area contributed by atoms with Crippen LogP contribution in [0, 0.1) is 11.3 Å². The van der Waals surface area contributed by atoms with Crippen LogP contribution in [0.15, 0.2) is 12.1 Å². The smallest absolute Gasteiger partial charge is 0.261 e. The highest BCUT2D eigenvalue weighted by Crippen LogP contribution is 2.38. The Hall–Kier alpha value is -1.50. The van der Waals surface area contributed by atoms with Gasteiger partial charge >= 0.3 is 0 Å². The Morgan fingerprint density at radius 1 is 1.36 bits per heavy atom. The summed E-state index contributed by atoms with van der Waals surface area (Å²) >= 11 is 1.36. The number of hydrogen-bond acceptors (Lipinski definition) is 5. The van der Waals surface area contributed by atoms with Crippen molar-refractivity contribution in [2.24, 2.45) is 11.3 Å². The molecule has 1 aliphatic rings. The Labute approximate surface area is 152 Å². The van der Waals surface area contributed by atoms with E-state index in [1.807, 2.05) is 6.07 Å². The first kappa shape index (κ1) is 18.3. The standard InChI is InChI=1S/C19H26N2O3S/c1-19(2,3)13-4-5-15-11(7-13)6-12-8-16(25-18(12)21-15)17(24)20-14(9-22)10-23/h6,8,13-14,22-23H,4-5,7,9-10H2,1-3H3,(H,20,24). The lowest BCUT2D eigenvalue weighted by molar-refractivity contribution is 0.0883. The van der Waals surface area contributed by atoms with Crippen molar-refractivity contribution in [2.45, 2.75) is 46.1 Å². The topological polar surface area (TPSA) is 82.5 Å². The van der Waals surface area contributed by atoms with Gasteiger partial charge in [0.05, 0.1) is 24.1 Å². The fourth-order valence-electron chi connectivity index (χ4n) is 3.38. The molecule has 136 valence electrons. The highest BCUT2D eigenvalue weighted by Gasteiger charge is 2.29. The van der Waals surface area contributed by atoms with E-state index in [1.54, 1.807) is 0 Å². The van der Waals surface area contributed by atoms with Gasteiger partial charge in [0.2, 0.25) is 0 Å². The number of aryl methyl sites for hydroxylation is 1.